The highest BCUT2D eigenvalue weighted by molar-refractivity contribution is 6.18. The molecule has 0 bridgehead atoms. The third-order valence-corrected chi connectivity index (χ3v) is 3.32. The minimum absolute atomic E-state index is 0.361. The van der Waals surface area contributed by atoms with Crippen LogP contribution >= 0.6 is 11.6 Å². The molecule has 3 aromatic rings. The van der Waals surface area contributed by atoms with Gasteiger partial charge in [0.15, 0.2) is 0 Å². The lowest BCUT2D eigenvalue weighted by Crippen LogP contribution is -2.04. The lowest BCUT2D eigenvalue weighted by atomic mass is 10.2. The smallest absolute Gasteiger partial charge is 0.115 e. The number of pyridine rings is 2. The molecule has 0 saturated heterocycles. The van der Waals surface area contributed by atoms with Gasteiger partial charge in [-0.15, -0.1) is 11.6 Å². The van der Waals surface area contributed by atoms with Crippen LogP contribution in [-0.2, 0) is 12.4 Å². The zero-order valence-corrected chi connectivity index (χ0v) is 11.7. The molecule has 0 aliphatic heterocycles. The Morgan fingerprint density at radius 1 is 1.26 bits per heavy atom. The quantitative estimate of drug-likeness (QED) is 0.688. The summed E-state index contributed by atoms with van der Waals surface area (Å²) in [4.78, 5) is 13.5. The van der Waals surface area contributed by atoms with Crippen molar-refractivity contribution in [3.05, 3.63) is 30.4 Å². The molecule has 0 aromatic carbocycles. The molecule has 0 radical (unpaired) electrons. The van der Waals surface area contributed by atoms with Crippen molar-refractivity contribution in [3.8, 4) is 0 Å². The lowest BCUT2D eigenvalue weighted by Gasteiger charge is -2.09. The number of halogens is 1. The van der Waals surface area contributed by atoms with Crippen LogP contribution in [0.2, 0.25) is 0 Å². The Hall–Kier alpha value is -1.68. The molecule has 0 aliphatic rings. The summed E-state index contributed by atoms with van der Waals surface area (Å²) in [6, 6.07) is 3.85. The van der Waals surface area contributed by atoms with Crippen LogP contribution in [0.5, 0.6) is 0 Å². The fraction of sp³-hybridized carbons (Fsp3) is 0.357. The molecule has 0 saturated carbocycles. The lowest BCUT2D eigenvalue weighted by molar-refractivity contribution is 0.533. The number of hydrogen-bond donors (Lipinski definition) is 0. The molecular formula is C14H15ClN4. The standard InChI is InChI=1S/C14H15ClN4/c1-9(2)7-19-8-17-13-11(6-15)18-10-4-3-5-16-12(10)14(13)19/h3-5,8-9H,6-7H2,1-2H3. The van der Waals surface area contributed by atoms with E-state index < -0.39 is 0 Å². The average Bonchev–Trinajstić information content (AvgIpc) is 2.81. The van der Waals surface area contributed by atoms with Crippen LogP contribution in [0.3, 0.4) is 0 Å². The van der Waals surface area contributed by atoms with Crippen molar-refractivity contribution in [2.75, 3.05) is 0 Å². The van der Waals surface area contributed by atoms with Crippen LogP contribution in [0.15, 0.2) is 24.7 Å². The van der Waals surface area contributed by atoms with Crippen molar-refractivity contribution in [1.82, 2.24) is 19.5 Å². The van der Waals surface area contributed by atoms with Gasteiger partial charge in [-0.25, -0.2) is 9.97 Å². The highest BCUT2D eigenvalue weighted by atomic mass is 35.5. The van der Waals surface area contributed by atoms with Crippen LogP contribution in [0.1, 0.15) is 19.5 Å². The molecule has 0 aliphatic carbocycles. The highest BCUT2D eigenvalue weighted by Gasteiger charge is 2.14. The zero-order valence-electron chi connectivity index (χ0n) is 11.0. The molecule has 0 fully saturated rings. The van der Waals surface area contributed by atoms with Gasteiger partial charge in [-0.3, -0.25) is 4.98 Å². The van der Waals surface area contributed by atoms with E-state index in [4.69, 9.17) is 11.6 Å². The molecule has 0 spiro atoms. The third-order valence-electron chi connectivity index (χ3n) is 3.07. The van der Waals surface area contributed by atoms with Gasteiger partial charge in [0.2, 0.25) is 0 Å². The van der Waals surface area contributed by atoms with Crippen LogP contribution in [0.25, 0.3) is 22.1 Å². The Labute approximate surface area is 116 Å². The topological polar surface area (TPSA) is 43.6 Å². The van der Waals surface area contributed by atoms with Gasteiger partial charge >= 0.3 is 0 Å². The largest absolute Gasteiger partial charge is 0.328 e. The van der Waals surface area contributed by atoms with E-state index in [1.165, 1.54) is 0 Å². The Balaban J connectivity index is 2.39. The van der Waals surface area contributed by atoms with Gasteiger partial charge in [-0.2, -0.15) is 0 Å². The number of nitrogens with zero attached hydrogens (tertiary/aromatic N) is 4. The molecule has 4 nitrogen and oxygen atoms in total. The van der Waals surface area contributed by atoms with Gasteiger partial charge in [-0.1, -0.05) is 13.8 Å². The first-order valence-corrected chi connectivity index (χ1v) is 6.88. The summed E-state index contributed by atoms with van der Waals surface area (Å²) in [6.45, 7) is 5.28. The Kier molecular flexibility index (Phi) is 3.11. The molecule has 3 aromatic heterocycles. The Morgan fingerprint density at radius 3 is 2.84 bits per heavy atom. The summed E-state index contributed by atoms with van der Waals surface area (Å²) in [5.74, 6) is 0.906. The molecule has 0 N–H and O–H groups in total. The molecule has 3 heterocycles. The predicted molar refractivity (Wildman–Crippen MR) is 77.2 cm³/mol. The number of imidazole rings is 1. The summed E-state index contributed by atoms with van der Waals surface area (Å²) >= 11 is 5.99. The van der Waals surface area contributed by atoms with Crippen molar-refractivity contribution in [3.63, 3.8) is 0 Å². The van der Waals surface area contributed by atoms with E-state index in [1.807, 2.05) is 18.5 Å². The summed E-state index contributed by atoms with van der Waals surface area (Å²) in [7, 11) is 0. The highest BCUT2D eigenvalue weighted by Crippen LogP contribution is 2.25. The average molecular weight is 275 g/mol. The first kappa shape index (κ1) is 12.4. The van der Waals surface area contributed by atoms with Gasteiger partial charge in [0.25, 0.3) is 0 Å². The zero-order chi connectivity index (χ0) is 13.4. The SMILES string of the molecule is CC(C)Cn1cnc2c(CCl)nc3cccnc3c21. The van der Waals surface area contributed by atoms with Gasteiger partial charge in [0.1, 0.15) is 11.0 Å². The molecule has 5 heteroatoms. The van der Waals surface area contributed by atoms with Crippen LogP contribution < -0.4 is 0 Å². The Bertz CT molecular complexity index is 733. The van der Waals surface area contributed by atoms with E-state index in [-0.39, 0.29) is 0 Å². The molecular weight excluding hydrogens is 260 g/mol. The van der Waals surface area contributed by atoms with Crippen molar-refractivity contribution in [2.24, 2.45) is 5.92 Å². The maximum atomic E-state index is 5.99. The van der Waals surface area contributed by atoms with Gasteiger partial charge in [0, 0.05) is 12.7 Å². The van der Waals surface area contributed by atoms with Gasteiger partial charge in [0.05, 0.1) is 28.9 Å². The first-order valence-electron chi connectivity index (χ1n) is 6.35. The van der Waals surface area contributed by atoms with Crippen molar-refractivity contribution in [1.29, 1.82) is 0 Å². The summed E-state index contributed by atoms with van der Waals surface area (Å²) in [6.07, 6.45) is 3.65. The van der Waals surface area contributed by atoms with Gasteiger partial charge < -0.3 is 4.57 Å². The second kappa shape index (κ2) is 4.78. The minimum atomic E-state index is 0.361. The van der Waals surface area contributed by atoms with Crippen molar-refractivity contribution in [2.45, 2.75) is 26.3 Å². The first-order chi connectivity index (χ1) is 9.20. The summed E-state index contributed by atoms with van der Waals surface area (Å²) < 4.78 is 2.15. The number of alkyl halides is 1. The van der Waals surface area contributed by atoms with E-state index in [2.05, 4.69) is 33.4 Å². The maximum Gasteiger partial charge on any atom is 0.115 e. The molecule has 19 heavy (non-hydrogen) atoms. The molecule has 3 rings (SSSR count). The fourth-order valence-corrected chi connectivity index (χ4v) is 2.52. The van der Waals surface area contributed by atoms with Crippen LogP contribution in [0, 0.1) is 5.92 Å². The van der Waals surface area contributed by atoms with E-state index in [1.54, 1.807) is 6.20 Å². The molecule has 0 amide bonds. The van der Waals surface area contributed by atoms with Crippen molar-refractivity contribution < 1.29 is 0 Å². The Morgan fingerprint density at radius 2 is 2.11 bits per heavy atom. The van der Waals surface area contributed by atoms with E-state index in [0.29, 0.717) is 11.8 Å². The maximum absolute atomic E-state index is 5.99. The fourth-order valence-electron chi connectivity index (χ4n) is 2.33. The summed E-state index contributed by atoms with van der Waals surface area (Å²) in [5.41, 5.74) is 4.48. The minimum Gasteiger partial charge on any atom is -0.328 e. The number of rotatable bonds is 3. The normalized spacial score (nSPS) is 11.8. The number of hydrogen-bond acceptors (Lipinski definition) is 3. The monoisotopic (exact) mass is 274 g/mol. The van der Waals surface area contributed by atoms with E-state index in [0.717, 1.165) is 34.3 Å². The molecule has 0 atom stereocenters. The van der Waals surface area contributed by atoms with Crippen molar-refractivity contribution >= 4 is 33.7 Å². The third kappa shape index (κ3) is 2.06. The summed E-state index contributed by atoms with van der Waals surface area (Å²) in [5, 5.41) is 0. The molecule has 98 valence electrons. The second-order valence-electron chi connectivity index (χ2n) is 5.05. The van der Waals surface area contributed by atoms with E-state index >= 15 is 0 Å². The van der Waals surface area contributed by atoms with Crippen LogP contribution in [-0.4, -0.2) is 19.5 Å². The van der Waals surface area contributed by atoms with Gasteiger partial charge in [-0.05, 0) is 18.1 Å². The predicted octanol–water partition coefficient (Wildman–Crippen LogP) is 3.37. The van der Waals surface area contributed by atoms with Crippen LogP contribution in [0.4, 0.5) is 0 Å². The second-order valence-corrected chi connectivity index (χ2v) is 5.32. The molecule has 0 unspecified atom stereocenters. The van der Waals surface area contributed by atoms with E-state index in [9.17, 15) is 0 Å². The number of aromatic nitrogens is 4. The number of fused-ring (bicyclic) bond motifs is 3.